The van der Waals surface area contributed by atoms with Gasteiger partial charge < -0.3 is 15.5 Å². The summed E-state index contributed by atoms with van der Waals surface area (Å²) >= 11 is 0. The van der Waals surface area contributed by atoms with Crippen LogP contribution in [0, 0.1) is 0 Å². The van der Waals surface area contributed by atoms with Crippen molar-refractivity contribution in [3.63, 3.8) is 0 Å². The van der Waals surface area contributed by atoms with E-state index in [2.05, 4.69) is 25.6 Å². The first-order valence-electron chi connectivity index (χ1n) is 10.4. The van der Waals surface area contributed by atoms with Crippen LogP contribution >= 0.6 is 0 Å². The summed E-state index contributed by atoms with van der Waals surface area (Å²) in [5, 5.41) is 10.7. The normalized spacial score (nSPS) is 15.9. The topological polar surface area (TPSA) is 60.7 Å². The number of aromatic nitrogens is 2. The van der Waals surface area contributed by atoms with Gasteiger partial charge in [-0.2, -0.15) is 18.3 Å². The molecule has 0 spiro atoms. The molecule has 0 radical (unpaired) electrons. The van der Waals surface area contributed by atoms with Crippen molar-refractivity contribution in [2.45, 2.75) is 19.1 Å². The van der Waals surface area contributed by atoms with Gasteiger partial charge in [-0.1, -0.05) is 6.07 Å². The van der Waals surface area contributed by atoms with E-state index in [4.69, 9.17) is 0 Å². The van der Waals surface area contributed by atoms with Crippen molar-refractivity contribution in [1.82, 2.24) is 25.3 Å². The fourth-order valence-corrected chi connectivity index (χ4v) is 3.59. The van der Waals surface area contributed by atoms with Gasteiger partial charge in [-0.25, -0.2) is 0 Å². The van der Waals surface area contributed by atoms with Gasteiger partial charge in [0.05, 0.1) is 17.8 Å². The number of aliphatic imine (C=N–C) groups is 1. The molecule has 0 saturated carbocycles. The molecule has 2 N–H and O–H groups in total. The third-order valence-corrected chi connectivity index (χ3v) is 5.44. The van der Waals surface area contributed by atoms with Crippen molar-refractivity contribution >= 4 is 11.6 Å². The largest absolute Gasteiger partial charge is 0.416 e. The summed E-state index contributed by atoms with van der Waals surface area (Å²) in [5.41, 5.74) is 1.12. The molecule has 1 aromatic carbocycles. The van der Waals surface area contributed by atoms with Crippen LogP contribution in [-0.2, 0) is 19.8 Å². The fourth-order valence-electron chi connectivity index (χ4n) is 3.59. The van der Waals surface area contributed by atoms with Gasteiger partial charge in [-0.15, -0.1) is 0 Å². The van der Waals surface area contributed by atoms with E-state index in [1.165, 1.54) is 12.1 Å². The molecule has 1 fully saturated rings. The maximum absolute atomic E-state index is 12.9. The summed E-state index contributed by atoms with van der Waals surface area (Å²) in [6.45, 7) is 5.49. The molecule has 2 aromatic rings. The molecule has 170 valence electrons. The Morgan fingerprint density at radius 1 is 1.13 bits per heavy atom. The molecule has 2 heterocycles. The zero-order valence-electron chi connectivity index (χ0n) is 18.0. The lowest BCUT2D eigenvalue weighted by atomic mass is 10.1. The third-order valence-electron chi connectivity index (χ3n) is 5.44. The molecule has 31 heavy (non-hydrogen) atoms. The van der Waals surface area contributed by atoms with Crippen LogP contribution in [0.2, 0.25) is 0 Å². The Kier molecular flexibility index (Phi) is 7.78. The first kappa shape index (κ1) is 22.9. The van der Waals surface area contributed by atoms with Crippen LogP contribution < -0.4 is 15.5 Å². The van der Waals surface area contributed by atoms with Gasteiger partial charge in [0.25, 0.3) is 0 Å². The molecule has 0 aliphatic carbocycles. The maximum atomic E-state index is 12.9. The highest BCUT2D eigenvalue weighted by atomic mass is 19.4. The van der Waals surface area contributed by atoms with Crippen LogP contribution in [0.1, 0.15) is 17.7 Å². The van der Waals surface area contributed by atoms with Crippen LogP contribution in [0.25, 0.3) is 0 Å². The van der Waals surface area contributed by atoms with Gasteiger partial charge in [0.2, 0.25) is 0 Å². The molecule has 1 aliphatic rings. The molecule has 1 aliphatic heterocycles. The summed E-state index contributed by atoms with van der Waals surface area (Å²) in [4.78, 5) is 8.60. The number of alkyl halides is 3. The molecule has 10 heteroatoms. The molecular formula is C21H30F3N7. The predicted octanol–water partition coefficient (Wildman–Crippen LogP) is 2.32. The van der Waals surface area contributed by atoms with Crippen LogP contribution in [0.5, 0.6) is 0 Å². The zero-order chi connectivity index (χ0) is 22.3. The van der Waals surface area contributed by atoms with E-state index < -0.39 is 11.7 Å². The molecule has 7 nitrogen and oxygen atoms in total. The number of rotatable bonds is 7. The van der Waals surface area contributed by atoms with Gasteiger partial charge in [0.15, 0.2) is 5.96 Å². The number of piperazine rings is 1. The van der Waals surface area contributed by atoms with Crippen LogP contribution in [-0.4, -0.2) is 67.0 Å². The molecule has 1 saturated heterocycles. The smallest absolute Gasteiger partial charge is 0.369 e. The average Bonchev–Trinajstić information content (AvgIpc) is 3.18. The number of nitrogens with one attached hydrogen (secondary N) is 2. The van der Waals surface area contributed by atoms with E-state index >= 15 is 0 Å². The standard InChI is InChI=1S/C21H30F3N7/c1-25-20(27-16-19-7-9-28-29(19)2)26-8-4-10-30-11-13-31(14-12-30)18-6-3-5-17(15-18)21(22,23)24/h3,5-7,9,15H,4,8,10-14,16H2,1-2H3,(H2,25,26,27). The number of hydrogen-bond donors (Lipinski definition) is 2. The highest BCUT2D eigenvalue weighted by molar-refractivity contribution is 5.79. The van der Waals surface area contributed by atoms with Gasteiger partial charge >= 0.3 is 6.18 Å². The van der Waals surface area contributed by atoms with Gasteiger partial charge in [0.1, 0.15) is 0 Å². The van der Waals surface area contributed by atoms with E-state index in [0.717, 1.165) is 63.4 Å². The monoisotopic (exact) mass is 437 g/mol. The van der Waals surface area contributed by atoms with E-state index in [1.54, 1.807) is 19.3 Å². The molecule has 0 atom stereocenters. The van der Waals surface area contributed by atoms with Crippen molar-refractivity contribution in [3.8, 4) is 0 Å². The van der Waals surface area contributed by atoms with Crippen molar-refractivity contribution in [2.24, 2.45) is 12.0 Å². The van der Waals surface area contributed by atoms with E-state index in [9.17, 15) is 13.2 Å². The number of anilines is 1. The zero-order valence-corrected chi connectivity index (χ0v) is 18.0. The van der Waals surface area contributed by atoms with Crippen molar-refractivity contribution in [2.75, 3.05) is 51.2 Å². The Balaban J connectivity index is 1.35. The molecular weight excluding hydrogens is 407 g/mol. The van der Waals surface area contributed by atoms with E-state index in [-0.39, 0.29) is 0 Å². The minimum Gasteiger partial charge on any atom is -0.369 e. The highest BCUT2D eigenvalue weighted by Gasteiger charge is 2.31. The number of nitrogens with zero attached hydrogens (tertiary/aromatic N) is 5. The Morgan fingerprint density at radius 3 is 2.55 bits per heavy atom. The second-order valence-electron chi connectivity index (χ2n) is 7.53. The molecule has 1 aromatic heterocycles. The fraction of sp³-hybridized carbons (Fsp3) is 0.524. The average molecular weight is 438 g/mol. The van der Waals surface area contributed by atoms with Crippen LogP contribution in [0.15, 0.2) is 41.5 Å². The Morgan fingerprint density at radius 2 is 1.90 bits per heavy atom. The maximum Gasteiger partial charge on any atom is 0.416 e. The summed E-state index contributed by atoms with van der Waals surface area (Å²) in [5.74, 6) is 0.746. The van der Waals surface area contributed by atoms with Gasteiger partial charge in [-0.05, 0) is 37.2 Å². The molecule has 3 rings (SSSR count). The first-order valence-corrected chi connectivity index (χ1v) is 10.4. The van der Waals surface area contributed by atoms with Crippen LogP contribution in [0.4, 0.5) is 18.9 Å². The lowest BCUT2D eigenvalue weighted by molar-refractivity contribution is -0.137. The molecule has 0 amide bonds. The Bertz CT molecular complexity index is 855. The van der Waals surface area contributed by atoms with E-state index in [0.29, 0.717) is 12.2 Å². The van der Waals surface area contributed by atoms with E-state index in [1.807, 2.05) is 22.7 Å². The van der Waals surface area contributed by atoms with Crippen molar-refractivity contribution in [3.05, 3.63) is 47.8 Å². The summed E-state index contributed by atoms with van der Waals surface area (Å²) in [6, 6.07) is 7.54. The second kappa shape index (κ2) is 10.5. The number of halogens is 3. The SMILES string of the molecule is CN=C(NCCCN1CCN(c2cccc(C(F)(F)F)c2)CC1)NCc1ccnn1C. The van der Waals surface area contributed by atoms with Gasteiger partial charge in [-0.3, -0.25) is 14.6 Å². The Labute approximate surface area is 180 Å². The Hall–Kier alpha value is -2.75. The van der Waals surface area contributed by atoms with Gasteiger partial charge in [0, 0.05) is 58.7 Å². The van der Waals surface area contributed by atoms with Crippen LogP contribution in [0.3, 0.4) is 0 Å². The minimum absolute atomic E-state index is 0.594. The lowest BCUT2D eigenvalue weighted by Gasteiger charge is -2.36. The molecule has 0 unspecified atom stereocenters. The van der Waals surface area contributed by atoms with Crippen molar-refractivity contribution in [1.29, 1.82) is 0 Å². The number of benzene rings is 1. The molecule has 0 bridgehead atoms. The second-order valence-corrected chi connectivity index (χ2v) is 7.53. The quantitative estimate of drug-likeness (QED) is 0.396. The van der Waals surface area contributed by atoms with Crippen molar-refractivity contribution < 1.29 is 13.2 Å². The highest BCUT2D eigenvalue weighted by Crippen LogP contribution is 2.31. The predicted molar refractivity (Wildman–Crippen MR) is 116 cm³/mol. The summed E-state index contributed by atoms with van der Waals surface area (Å²) < 4.78 is 40.6. The number of aryl methyl sites for hydroxylation is 1. The summed E-state index contributed by atoms with van der Waals surface area (Å²) in [7, 11) is 3.64. The summed E-state index contributed by atoms with van der Waals surface area (Å²) in [6.07, 6.45) is -1.59. The first-order chi connectivity index (χ1) is 14.9. The third kappa shape index (κ3) is 6.61. The number of guanidine groups is 1. The minimum atomic E-state index is -4.31. The lowest BCUT2D eigenvalue weighted by Crippen LogP contribution is -2.47. The number of hydrogen-bond acceptors (Lipinski definition) is 4.